The lowest BCUT2D eigenvalue weighted by molar-refractivity contribution is 0.724. The van der Waals surface area contributed by atoms with Gasteiger partial charge in [0.2, 0.25) is 0 Å². The second kappa shape index (κ2) is 3.48. The van der Waals surface area contributed by atoms with Crippen LogP contribution in [0.25, 0.3) is 0 Å². The van der Waals surface area contributed by atoms with E-state index in [1.54, 1.807) is 6.08 Å². The number of nitrogens with two attached hydrogens (primary N) is 1. The van der Waals surface area contributed by atoms with Crippen LogP contribution in [0.3, 0.4) is 0 Å². The molecule has 0 aromatic heterocycles. The molecule has 0 saturated carbocycles. The molecule has 0 radical (unpaired) electrons. The Labute approximate surface area is 77.4 Å². The first-order valence-electron chi connectivity index (χ1n) is 4.32. The van der Waals surface area contributed by atoms with Gasteiger partial charge in [0, 0.05) is 0 Å². The summed E-state index contributed by atoms with van der Waals surface area (Å²) in [5.41, 5.74) is 6.00. The molecule has 0 aromatic carbocycles. The first-order valence-corrected chi connectivity index (χ1v) is 7.32. The van der Waals surface area contributed by atoms with Crippen molar-refractivity contribution in [2.45, 2.75) is 38.9 Å². The van der Waals surface area contributed by atoms with Crippen LogP contribution in [0, 0.1) is 0 Å². The van der Waals surface area contributed by atoms with Gasteiger partial charge in [0.15, 0.2) is 0 Å². The van der Waals surface area contributed by atoms with Crippen molar-refractivity contribution in [3.05, 3.63) is 24.1 Å². The highest BCUT2D eigenvalue weighted by Crippen LogP contribution is 2.38. The molecule has 1 nitrogen and oxygen atoms in total. The van der Waals surface area contributed by atoms with E-state index in [9.17, 15) is 0 Å². The Kier molecular flexibility index (Phi) is 3.33. The average molecular weight is 183 g/mol. The normalized spacial score (nSPS) is 14.6. The van der Waals surface area contributed by atoms with Crippen LogP contribution in [0.2, 0.25) is 18.1 Å². The molecule has 0 amide bonds. The van der Waals surface area contributed by atoms with E-state index in [2.05, 4.69) is 40.4 Å². The zero-order valence-electron chi connectivity index (χ0n) is 8.94. The van der Waals surface area contributed by atoms with Crippen molar-refractivity contribution in [2.75, 3.05) is 0 Å². The molecule has 0 fully saturated rings. The van der Waals surface area contributed by atoms with Crippen molar-refractivity contribution < 1.29 is 0 Å². The lowest BCUT2D eigenvalue weighted by Crippen LogP contribution is -2.42. The van der Waals surface area contributed by atoms with Gasteiger partial charge < -0.3 is 5.73 Å². The fourth-order valence-electron chi connectivity index (χ4n) is 0.768. The SMILES string of the molecule is C=CC=C(N)[Si](C)(C)C(C)(C)C. The molecule has 0 atom stereocenters. The molecule has 0 rings (SSSR count). The van der Waals surface area contributed by atoms with E-state index in [1.165, 1.54) is 0 Å². The average Bonchev–Trinajstić information content (AvgIpc) is 1.85. The third-order valence-corrected chi connectivity index (χ3v) is 8.25. The fraction of sp³-hybridized carbons (Fsp3) is 0.600. The Balaban J connectivity index is 4.85. The predicted octanol–water partition coefficient (Wildman–Crippen LogP) is 3.06. The van der Waals surface area contributed by atoms with Crippen molar-refractivity contribution in [1.29, 1.82) is 0 Å². The monoisotopic (exact) mass is 183 g/mol. The van der Waals surface area contributed by atoms with Crippen molar-refractivity contribution in [3.63, 3.8) is 0 Å². The Morgan fingerprint density at radius 1 is 1.33 bits per heavy atom. The van der Waals surface area contributed by atoms with Gasteiger partial charge in [0.25, 0.3) is 0 Å². The molecule has 0 heterocycles. The van der Waals surface area contributed by atoms with Crippen LogP contribution in [-0.4, -0.2) is 8.07 Å². The summed E-state index contributed by atoms with van der Waals surface area (Å²) < 4.78 is 0. The number of rotatable bonds is 2. The van der Waals surface area contributed by atoms with E-state index >= 15 is 0 Å². The van der Waals surface area contributed by atoms with Crippen LogP contribution in [0.5, 0.6) is 0 Å². The minimum atomic E-state index is -1.46. The van der Waals surface area contributed by atoms with Crippen molar-refractivity contribution >= 4 is 8.07 Å². The van der Waals surface area contributed by atoms with E-state index in [0.29, 0.717) is 5.04 Å². The zero-order valence-corrected chi connectivity index (χ0v) is 9.94. The maximum absolute atomic E-state index is 6.00. The largest absolute Gasteiger partial charge is 0.406 e. The maximum Gasteiger partial charge on any atom is 0.106 e. The van der Waals surface area contributed by atoms with Crippen molar-refractivity contribution in [3.8, 4) is 0 Å². The van der Waals surface area contributed by atoms with Gasteiger partial charge in [-0.3, -0.25) is 0 Å². The molecule has 2 N–H and O–H groups in total. The first kappa shape index (κ1) is 11.5. The predicted molar refractivity (Wildman–Crippen MR) is 59.7 cm³/mol. The molecule has 0 saturated heterocycles. The van der Waals surface area contributed by atoms with E-state index in [-0.39, 0.29) is 0 Å². The summed E-state index contributed by atoms with van der Waals surface area (Å²) in [4.78, 5) is 0. The lowest BCUT2D eigenvalue weighted by atomic mass is 10.2. The van der Waals surface area contributed by atoms with Gasteiger partial charge in [-0.05, 0) is 16.4 Å². The van der Waals surface area contributed by atoms with Gasteiger partial charge in [0.05, 0.1) is 0 Å². The zero-order chi connectivity index (χ0) is 9.99. The quantitative estimate of drug-likeness (QED) is 0.517. The third kappa shape index (κ3) is 2.24. The van der Waals surface area contributed by atoms with Crippen molar-refractivity contribution in [1.82, 2.24) is 0 Å². The standard InChI is InChI=1S/C10H21NSi/c1-7-8-9(11)12(5,6)10(2,3)4/h7-8H,1,11H2,2-6H3. The van der Waals surface area contributed by atoms with E-state index in [0.717, 1.165) is 5.32 Å². The molecule has 0 aliphatic rings. The van der Waals surface area contributed by atoms with Crippen molar-refractivity contribution in [2.24, 2.45) is 5.73 Å². The van der Waals surface area contributed by atoms with Crippen LogP contribution in [0.1, 0.15) is 20.8 Å². The van der Waals surface area contributed by atoms with Crippen LogP contribution < -0.4 is 5.73 Å². The molecule has 70 valence electrons. The van der Waals surface area contributed by atoms with Gasteiger partial charge in [-0.25, -0.2) is 0 Å². The summed E-state index contributed by atoms with van der Waals surface area (Å²) in [5, 5.41) is 1.35. The molecule has 0 bridgehead atoms. The summed E-state index contributed by atoms with van der Waals surface area (Å²) in [6.07, 6.45) is 3.72. The topological polar surface area (TPSA) is 26.0 Å². The Bertz CT molecular complexity index is 196. The summed E-state index contributed by atoms with van der Waals surface area (Å²) in [7, 11) is -1.46. The molecule has 0 spiro atoms. The Hall–Kier alpha value is -0.503. The smallest absolute Gasteiger partial charge is 0.106 e. The molecular weight excluding hydrogens is 162 g/mol. The molecular formula is C10H21NSi. The minimum absolute atomic E-state index is 0.316. The minimum Gasteiger partial charge on any atom is -0.406 e. The van der Waals surface area contributed by atoms with E-state index in [4.69, 9.17) is 5.73 Å². The number of hydrogen-bond donors (Lipinski definition) is 1. The molecule has 0 aromatic rings. The second-order valence-electron chi connectivity index (χ2n) is 4.73. The third-order valence-electron chi connectivity index (χ3n) is 2.89. The van der Waals surface area contributed by atoms with Crippen LogP contribution in [0.15, 0.2) is 24.1 Å². The van der Waals surface area contributed by atoms with Crippen LogP contribution in [0.4, 0.5) is 0 Å². The fourth-order valence-corrected chi connectivity index (χ4v) is 2.17. The Morgan fingerprint density at radius 3 is 2.00 bits per heavy atom. The summed E-state index contributed by atoms with van der Waals surface area (Å²) in [6, 6.07) is 0. The van der Waals surface area contributed by atoms with E-state index < -0.39 is 8.07 Å². The number of allylic oxidation sites excluding steroid dienone is 2. The second-order valence-corrected chi connectivity index (χ2v) is 10.1. The number of hydrogen-bond acceptors (Lipinski definition) is 1. The van der Waals surface area contributed by atoms with Gasteiger partial charge >= 0.3 is 0 Å². The molecule has 2 heteroatoms. The summed E-state index contributed by atoms with van der Waals surface area (Å²) >= 11 is 0. The van der Waals surface area contributed by atoms with Gasteiger partial charge in [-0.2, -0.15) is 0 Å². The van der Waals surface area contributed by atoms with E-state index in [1.807, 2.05) is 6.08 Å². The van der Waals surface area contributed by atoms with Gasteiger partial charge in [-0.15, -0.1) is 0 Å². The molecule has 12 heavy (non-hydrogen) atoms. The van der Waals surface area contributed by atoms with Crippen LogP contribution in [-0.2, 0) is 0 Å². The lowest BCUT2D eigenvalue weighted by Gasteiger charge is -2.37. The van der Waals surface area contributed by atoms with Crippen LogP contribution >= 0.6 is 0 Å². The summed E-state index contributed by atoms with van der Waals surface area (Å²) in [6.45, 7) is 15.0. The van der Waals surface area contributed by atoms with Gasteiger partial charge in [0.1, 0.15) is 8.07 Å². The molecule has 0 unspecified atom stereocenters. The highest BCUT2D eigenvalue weighted by atomic mass is 28.3. The highest BCUT2D eigenvalue weighted by Gasteiger charge is 2.37. The highest BCUT2D eigenvalue weighted by molar-refractivity contribution is 6.86. The maximum atomic E-state index is 6.00. The van der Waals surface area contributed by atoms with Gasteiger partial charge in [-0.1, -0.05) is 46.5 Å². The molecule has 0 aliphatic heterocycles. The first-order chi connectivity index (χ1) is 5.23. The Morgan fingerprint density at radius 2 is 1.75 bits per heavy atom. The molecule has 0 aliphatic carbocycles. The summed E-state index contributed by atoms with van der Waals surface area (Å²) in [5.74, 6) is 0.